The summed E-state index contributed by atoms with van der Waals surface area (Å²) in [5.74, 6) is 0. The minimum atomic E-state index is 0.0731. The van der Waals surface area contributed by atoms with Gasteiger partial charge in [0.25, 0.3) is 0 Å². The second-order valence-electron chi connectivity index (χ2n) is 5.75. The summed E-state index contributed by atoms with van der Waals surface area (Å²) in [6.07, 6.45) is 4.82. The predicted molar refractivity (Wildman–Crippen MR) is 78.3 cm³/mol. The SMILES string of the molecule is c1ccc2c(c1)CCc1ccccc1C21CCCN1. The average Bonchev–Trinajstić information content (AvgIpc) is 2.91. The fourth-order valence-electron chi connectivity index (χ4n) is 3.93. The molecule has 1 heterocycles. The highest BCUT2D eigenvalue weighted by molar-refractivity contribution is 5.49. The van der Waals surface area contributed by atoms with Crippen LogP contribution in [0.4, 0.5) is 0 Å². The van der Waals surface area contributed by atoms with E-state index in [-0.39, 0.29) is 5.54 Å². The molecule has 0 bridgehead atoms. The summed E-state index contributed by atoms with van der Waals surface area (Å²) in [5.41, 5.74) is 6.14. The third kappa shape index (κ3) is 1.58. The van der Waals surface area contributed by atoms with Gasteiger partial charge in [-0.05, 0) is 54.5 Å². The van der Waals surface area contributed by atoms with Gasteiger partial charge in [-0.15, -0.1) is 0 Å². The smallest absolute Gasteiger partial charge is 0.0696 e. The lowest BCUT2D eigenvalue weighted by molar-refractivity contribution is 0.473. The van der Waals surface area contributed by atoms with Crippen molar-refractivity contribution >= 4 is 0 Å². The number of hydrogen-bond donors (Lipinski definition) is 1. The van der Waals surface area contributed by atoms with Crippen molar-refractivity contribution in [2.45, 2.75) is 31.2 Å². The summed E-state index contributed by atoms with van der Waals surface area (Å²) < 4.78 is 0. The predicted octanol–water partition coefficient (Wildman–Crippen LogP) is 3.41. The first-order valence-electron chi connectivity index (χ1n) is 7.32. The lowest BCUT2D eigenvalue weighted by atomic mass is 9.79. The maximum absolute atomic E-state index is 3.82. The van der Waals surface area contributed by atoms with Crippen LogP contribution in [-0.4, -0.2) is 6.54 Å². The Kier molecular flexibility index (Phi) is 2.49. The van der Waals surface area contributed by atoms with Crippen LogP contribution in [-0.2, 0) is 18.4 Å². The van der Waals surface area contributed by atoms with Crippen molar-refractivity contribution in [2.24, 2.45) is 0 Å². The second kappa shape index (κ2) is 4.21. The molecule has 0 radical (unpaired) electrons. The van der Waals surface area contributed by atoms with Crippen LogP contribution in [0, 0.1) is 0 Å². The van der Waals surface area contributed by atoms with Crippen molar-refractivity contribution in [3.05, 3.63) is 70.8 Å². The number of nitrogens with one attached hydrogen (secondary N) is 1. The third-order valence-corrected chi connectivity index (χ3v) is 4.77. The van der Waals surface area contributed by atoms with Crippen molar-refractivity contribution in [3.8, 4) is 0 Å². The third-order valence-electron chi connectivity index (χ3n) is 4.77. The fourth-order valence-corrected chi connectivity index (χ4v) is 3.93. The minimum Gasteiger partial charge on any atom is -0.304 e. The summed E-state index contributed by atoms with van der Waals surface area (Å²) in [6.45, 7) is 1.13. The van der Waals surface area contributed by atoms with Gasteiger partial charge in [-0.25, -0.2) is 0 Å². The van der Waals surface area contributed by atoms with E-state index in [1.165, 1.54) is 35.1 Å². The number of rotatable bonds is 0. The molecule has 2 aliphatic rings. The Morgan fingerprint density at radius 2 is 1.37 bits per heavy atom. The molecule has 0 amide bonds. The van der Waals surface area contributed by atoms with Crippen LogP contribution in [0.3, 0.4) is 0 Å². The van der Waals surface area contributed by atoms with Gasteiger partial charge in [-0.2, -0.15) is 0 Å². The number of fused-ring (bicyclic) bond motifs is 4. The molecule has 1 fully saturated rings. The van der Waals surface area contributed by atoms with E-state index in [0.717, 1.165) is 19.4 Å². The topological polar surface area (TPSA) is 12.0 Å². The van der Waals surface area contributed by atoms with Crippen LogP contribution >= 0.6 is 0 Å². The molecule has 4 rings (SSSR count). The lowest BCUT2D eigenvalue weighted by Gasteiger charge is -2.32. The van der Waals surface area contributed by atoms with Crippen LogP contribution in [0.25, 0.3) is 0 Å². The molecule has 0 unspecified atom stereocenters. The van der Waals surface area contributed by atoms with Crippen LogP contribution in [0.2, 0.25) is 0 Å². The van der Waals surface area contributed by atoms with E-state index in [4.69, 9.17) is 0 Å². The Morgan fingerprint density at radius 3 is 1.89 bits per heavy atom. The van der Waals surface area contributed by atoms with Crippen LogP contribution in [0.15, 0.2) is 48.5 Å². The molecule has 1 aliphatic heterocycles. The van der Waals surface area contributed by atoms with E-state index < -0.39 is 0 Å². The number of hydrogen-bond acceptors (Lipinski definition) is 1. The minimum absolute atomic E-state index is 0.0731. The monoisotopic (exact) mass is 249 g/mol. The molecule has 1 nitrogen and oxygen atoms in total. The molecule has 1 saturated heterocycles. The van der Waals surface area contributed by atoms with Gasteiger partial charge in [0.05, 0.1) is 5.54 Å². The molecular formula is C18H19N. The van der Waals surface area contributed by atoms with Gasteiger partial charge >= 0.3 is 0 Å². The first-order chi connectivity index (χ1) is 9.40. The Hall–Kier alpha value is -1.60. The molecular weight excluding hydrogens is 230 g/mol. The first-order valence-corrected chi connectivity index (χ1v) is 7.32. The first kappa shape index (κ1) is 11.2. The highest BCUT2D eigenvalue weighted by atomic mass is 15.0. The van der Waals surface area contributed by atoms with Gasteiger partial charge in [0.2, 0.25) is 0 Å². The van der Waals surface area contributed by atoms with Crippen molar-refractivity contribution in [1.29, 1.82) is 0 Å². The summed E-state index contributed by atoms with van der Waals surface area (Å²) in [6, 6.07) is 18.0. The van der Waals surface area contributed by atoms with Gasteiger partial charge in [0, 0.05) is 0 Å². The Morgan fingerprint density at radius 1 is 0.789 bits per heavy atom. The standard InChI is InChI=1S/C18H19N/c1-3-8-16-14(6-1)10-11-15-7-2-4-9-17(15)18(16)12-5-13-19-18/h1-4,6-9,19H,5,10-13H2. The van der Waals surface area contributed by atoms with E-state index in [2.05, 4.69) is 53.8 Å². The van der Waals surface area contributed by atoms with Gasteiger partial charge in [-0.1, -0.05) is 48.5 Å². The van der Waals surface area contributed by atoms with Crippen molar-refractivity contribution in [3.63, 3.8) is 0 Å². The zero-order valence-electron chi connectivity index (χ0n) is 11.2. The van der Waals surface area contributed by atoms with Crippen molar-refractivity contribution < 1.29 is 0 Å². The maximum atomic E-state index is 3.82. The zero-order chi connectivity index (χ0) is 12.7. The summed E-state index contributed by atoms with van der Waals surface area (Å²) in [4.78, 5) is 0. The van der Waals surface area contributed by atoms with Gasteiger partial charge in [0.1, 0.15) is 0 Å². The van der Waals surface area contributed by atoms with E-state index in [1.54, 1.807) is 0 Å². The molecule has 2 aromatic carbocycles. The Balaban J connectivity index is 2.01. The summed E-state index contributed by atoms with van der Waals surface area (Å²) in [7, 11) is 0. The van der Waals surface area contributed by atoms with Gasteiger partial charge < -0.3 is 5.32 Å². The van der Waals surface area contributed by atoms with Crippen molar-refractivity contribution in [2.75, 3.05) is 6.54 Å². The van der Waals surface area contributed by atoms with Gasteiger partial charge in [-0.3, -0.25) is 0 Å². The molecule has 1 aliphatic carbocycles. The zero-order valence-corrected chi connectivity index (χ0v) is 11.2. The van der Waals surface area contributed by atoms with Crippen LogP contribution < -0.4 is 5.32 Å². The van der Waals surface area contributed by atoms with Gasteiger partial charge in [0.15, 0.2) is 0 Å². The lowest BCUT2D eigenvalue weighted by Crippen LogP contribution is -2.38. The highest BCUT2D eigenvalue weighted by Gasteiger charge is 2.40. The highest BCUT2D eigenvalue weighted by Crippen LogP contribution is 2.43. The Bertz CT molecular complexity index is 559. The van der Waals surface area contributed by atoms with E-state index >= 15 is 0 Å². The molecule has 2 aromatic rings. The Labute approximate surface area is 114 Å². The summed E-state index contributed by atoms with van der Waals surface area (Å²) >= 11 is 0. The molecule has 1 spiro atoms. The van der Waals surface area contributed by atoms with E-state index in [9.17, 15) is 0 Å². The van der Waals surface area contributed by atoms with Crippen LogP contribution in [0.5, 0.6) is 0 Å². The van der Waals surface area contributed by atoms with E-state index in [1.807, 2.05) is 0 Å². The second-order valence-corrected chi connectivity index (χ2v) is 5.75. The molecule has 1 N–H and O–H groups in total. The molecule has 96 valence electrons. The molecule has 0 aromatic heterocycles. The fraction of sp³-hybridized carbons (Fsp3) is 0.333. The largest absolute Gasteiger partial charge is 0.304 e. The quantitative estimate of drug-likeness (QED) is 0.754. The molecule has 19 heavy (non-hydrogen) atoms. The van der Waals surface area contributed by atoms with Crippen LogP contribution in [0.1, 0.15) is 35.1 Å². The molecule has 0 saturated carbocycles. The summed E-state index contributed by atoms with van der Waals surface area (Å²) in [5, 5.41) is 3.82. The van der Waals surface area contributed by atoms with E-state index in [0.29, 0.717) is 0 Å². The maximum Gasteiger partial charge on any atom is 0.0696 e. The number of aryl methyl sites for hydroxylation is 2. The van der Waals surface area contributed by atoms with Crippen molar-refractivity contribution in [1.82, 2.24) is 5.32 Å². The number of benzene rings is 2. The average molecular weight is 249 g/mol. The normalized spacial score (nSPS) is 19.8. The molecule has 0 atom stereocenters. The molecule has 1 heteroatoms.